The normalized spacial score (nSPS) is 25.1. The topological polar surface area (TPSA) is 36.4 Å². The van der Waals surface area contributed by atoms with E-state index in [9.17, 15) is 4.79 Å². The number of likely N-dealkylation sites (tertiary alicyclic amines) is 2. The monoisotopic (exact) mass is 259 g/mol. The summed E-state index contributed by atoms with van der Waals surface area (Å²) in [6.07, 6.45) is 7.31. The average Bonchev–Trinajstić information content (AvgIpc) is 2.40. The molecule has 2 saturated heterocycles. The van der Waals surface area contributed by atoms with E-state index >= 15 is 0 Å². The summed E-state index contributed by atoms with van der Waals surface area (Å²) < 4.78 is 0. The van der Waals surface area contributed by atoms with Gasteiger partial charge in [0.05, 0.1) is 0 Å². The number of nitrogens with zero attached hydrogens (tertiary/aromatic N) is 3. The molecule has 2 fully saturated rings. The van der Waals surface area contributed by atoms with Gasteiger partial charge in [-0.2, -0.15) is 0 Å². The molecule has 0 N–H and O–H groups in total. The van der Waals surface area contributed by atoms with E-state index in [0.717, 1.165) is 18.7 Å². The van der Waals surface area contributed by atoms with E-state index in [1.54, 1.807) is 24.5 Å². The van der Waals surface area contributed by atoms with E-state index in [4.69, 9.17) is 0 Å². The predicted molar refractivity (Wildman–Crippen MR) is 73.9 cm³/mol. The molecule has 1 amide bonds. The Balaban J connectivity index is 1.56. The van der Waals surface area contributed by atoms with Crippen molar-refractivity contribution in [2.45, 2.75) is 38.3 Å². The van der Waals surface area contributed by atoms with Crippen LogP contribution in [-0.2, 0) is 0 Å². The minimum absolute atomic E-state index is 0.142. The van der Waals surface area contributed by atoms with Gasteiger partial charge in [0.25, 0.3) is 5.91 Å². The molecule has 102 valence electrons. The van der Waals surface area contributed by atoms with Gasteiger partial charge in [0.2, 0.25) is 0 Å². The molecule has 3 heterocycles. The van der Waals surface area contributed by atoms with Crippen LogP contribution in [-0.4, -0.2) is 52.4 Å². The first kappa shape index (κ1) is 12.6. The Bertz CT molecular complexity index is 442. The summed E-state index contributed by atoms with van der Waals surface area (Å²) in [5, 5.41) is 0. The summed E-state index contributed by atoms with van der Waals surface area (Å²) in [6.45, 7) is 5.27. The van der Waals surface area contributed by atoms with E-state index < -0.39 is 0 Å². The van der Waals surface area contributed by atoms with Gasteiger partial charge in [0.1, 0.15) is 0 Å². The minimum atomic E-state index is 0.142. The number of hydrogen-bond acceptors (Lipinski definition) is 3. The lowest BCUT2D eigenvalue weighted by Crippen LogP contribution is -2.63. The Kier molecular flexibility index (Phi) is 3.51. The summed E-state index contributed by atoms with van der Waals surface area (Å²) >= 11 is 0. The smallest absolute Gasteiger partial charge is 0.254 e. The second-order valence-electron chi connectivity index (χ2n) is 5.68. The fourth-order valence-corrected chi connectivity index (χ4v) is 3.17. The zero-order valence-corrected chi connectivity index (χ0v) is 11.5. The van der Waals surface area contributed by atoms with E-state index in [1.165, 1.54) is 25.8 Å². The van der Waals surface area contributed by atoms with Crippen LogP contribution in [0.4, 0.5) is 0 Å². The number of hydrogen-bond donors (Lipinski definition) is 0. The third kappa shape index (κ3) is 2.50. The lowest BCUT2D eigenvalue weighted by molar-refractivity contribution is 0.00212. The first-order valence-corrected chi connectivity index (χ1v) is 7.21. The van der Waals surface area contributed by atoms with Gasteiger partial charge >= 0.3 is 0 Å². The van der Waals surface area contributed by atoms with Crippen LogP contribution in [0.5, 0.6) is 0 Å². The number of carbonyl (C=O) groups is 1. The van der Waals surface area contributed by atoms with E-state index in [1.807, 2.05) is 4.90 Å². The maximum Gasteiger partial charge on any atom is 0.254 e. The number of carbonyl (C=O) groups excluding carboxylic acids is 1. The van der Waals surface area contributed by atoms with Crippen molar-refractivity contribution in [1.29, 1.82) is 0 Å². The van der Waals surface area contributed by atoms with Crippen molar-refractivity contribution in [3.8, 4) is 0 Å². The number of aromatic nitrogens is 1. The van der Waals surface area contributed by atoms with Crippen molar-refractivity contribution in [3.63, 3.8) is 0 Å². The lowest BCUT2D eigenvalue weighted by atomic mass is 9.97. The molecule has 1 aromatic heterocycles. The predicted octanol–water partition coefficient (Wildman–Crippen LogP) is 1.78. The molecule has 1 atom stereocenters. The van der Waals surface area contributed by atoms with Crippen LogP contribution in [0.1, 0.15) is 36.5 Å². The van der Waals surface area contributed by atoms with Gasteiger partial charge in [0.15, 0.2) is 0 Å². The molecule has 3 rings (SSSR count). The molecule has 1 unspecified atom stereocenters. The molecule has 4 nitrogen and oxygen atoms in total. The first-order chi connectivity index (χ1) is 9.25. The van der Waals surface area contributed by atoms with Crippen LogP contribution in [0.25, 0.3) is 0 Å². The highest BCUT2D eigenvalue weighted by atomic mass is 16.2. The standard InChI is InChI=1S/C15H21N3O/c1-12-4-2-3-9-18(12)14-10-17(11-14)15(19)13-5-7-16-8-6-13/h5-8,12,14H,2-4,9-11H2,1H3. The zero-order valence-electron chi connectivity index (χ0n) is 11.5. The van der Waals surface area contributed by atoms with Crippen molar-refractivity contribution < 1.29 is 4.79 Å². The highest BCUT2D eigenvalue weighted by Gasteiger charge is 2.37. The Morgan fingerprint density at radius 1 is 1.26 bits per heavy atom. The second-order valence-corrected chi connectivity index (χ2v) is 5.68. The van der Waals surface area contributed by atoms with Crippen molar-refractivity contribution in [3.05, 3.63) is 30.1 Å². The first-order valence-electron chi connectivity index (χ1n) is 7.21. The Morgan fingerprint density at radius 2 is 2.00 bits per heavy atom. The molecule has 2 aliphatic heterocycles. The van der Waals surface area contributed by atoms with E-state index in [-0.39, 0.29) is 5.91 Å². The second kappa shape index (κ2) is 5.29. The SMILES string of the molecule is CC1CCCCN1C1CN(C(=O)c2ccncc2)C1. The Hall–Kier alpha value is -1.42. The van der Waals surface area contributed by atoms with Crippen LogP contribution >= 0.6 is 0 Å². The van der Waals surface area contributed by atoms with Crippen molar-refractivity contribution in [1.82, 2.24) is 14.8 Å². The van der Waals surface area contributed by atoms with Gasteiger partial charge in [-0.25, -0.2) is 0 Å². The van der Waals surface area contributed by atoms with E-state index in [2.05, 4.69) is 16.8 Å². The molecule has 0 spiro atoms. The molecule has 1 aromatic rings. The summed E-state index contributed by atoms with van der Waals surface area (Å²) in [7, 11) is 0. The van der Waals surface area contributed by atoms with Crippen molar-refractivity contribution in [2.75, 3.05) is 19.6 Å². The maximum atomic E-state index is 12.2. The highest BCUT2D eigenvalue weighted by molar-refractivity contribution is 5.94. The largest absolute Gasteiger partial charge is 0.335 e. The van der Waals surface area contributed by atoms with Crippen LogP contribution in [0.3, 0.4) is 0 Å². The molecule has 2 aliphatic rings. The van der Waals surface area contributed by atoms with Crippen LogP contribution in [0, 0.1) is 0 Å². The summed E-state index contributed by atoms with van der Waals surface area (Å²) in [5.41, 5.74) is 0.750. The zero-order chi connectivity index (χ0) is 13.2. The quantitative estimate of drug-likeness (QED) is 0.812. The molecule has 0 aromatic carbocycles. The molecule has 0 bridgehead atoms. The fourth-order valence-electron chi connectivity index (χ4n) is 3.17. The third-order valence-electron chi connectivity index (χ3n) is 4.40. The van der Waals surface area contributed by atoms with Crippen LogP contribution < -0.4 is 0 Å². The number of piperidine rings is 1. The van der Waals surface area contributed by atoms with Gasteiger partial charge in [-0.1, -0.05) is 6.42 Å². The molecule has 0 saturated carbocycles. The lowest BCUT2D eigenvalue weighted by Gasteiger charge is -2.49. The minimum Gasteiger partial charge on any atom is -0.335 e. The Labute approximate surface area is 114 Å². The van der Waals surface area contributed by atoms with E-state index in [0.29, 0.717) is 12.1 Å². The van der Waals surface area contributed by atoms with Crippen molar-refractivity contribution >= 4 is 5.91 Å². The fraction of sp³-hybridized carbons (Fsp3) is 0.600. The summed E-state index contributed by atoms with van der Waals surface area (Å²) in [6, 6.07) is 4.83. The molecule has 0 radical (unpaired) electrons. The average molecular weight is 259 g/mol. The van der Waals surface area contributed by atoms with Crippen LogP contribution in [0.2, 0.25) is 0 Å². The maximum absolute atomic E-state index is 12.2. The van der Waals surface area contributed by atoms with Gasteiger partial charge in [-0.3, -0.25) is 14.7 Å². The third-order valence-corrected chi connectivity index (χ3v) is 4.40. The van der Waals surface area contributed by atoms with Gasteiger partial charge in [-0.05, 0) is 38.4 Å². The molecular formula is C15H21N3O. The molecule has 19 heavy (non-hydrogen) atoms. The highest BCUT2D eigenvalue weighted by Crippen LogP contribution is 2.25. The van der Waals surface area contributed by atoms with Crippen molar-refractivity contribution in [2.24, 2.45) is 0 Å². The number of pyridine rings is 1. The number of amides is 1. The van der Waals surface area contributed by atoms with Gasteiger partial charge in [-0.15, -0.1) is 0 Å². The van der Waals surface area contributed by atoms with Gasteiger partial charge < -0.3 is 4.90 Å². The number of rotatable bonds is 2. The Morgan fingerprint density at radius 3 is 2.68 bits per heavy atom. The molecule has 4 heteroatoms. The summed E-state index contributed by atoms with van der Waals surface area (Å²) in [5.74, 6) is 0.142. The molecular weight excluding hydrogens is 238 g/mol. The van der Waals surface area contributed by atoms with Crippen LogP contribution in [0.15, 0.2) is 24.5 Å². The summed E-state index contributed by atoms with van der Waals surface area (Å²) in [4.78, 5) is 20.7. The molecule has 0 aliphatic carbocycles. The van der Waals surface area contributed by atoms with Gasteiger partial charge in [0, 0.05) is 43.1 Å².